The van der Waals surface area contributed by atoms with Gasteiger partial charge in [-0.25, -0.2) is 0 Å². The summed E-state index contributed by atoms with van der Waals surface area (Å²) < 4.78 is 1.63. The Morgan fingerprint density at radius 1 is 1.50 bits per heavy atom. The van der Waals surface area contributed by atoms with Gasteiger partial charge in [-0.2, -0.15) is 5.10 Å². The highest BCUT2D eigenvalue weighted by Crippen LogP contribution is 2.12. The number of hydrogen-bond acceptors (Lipinski definition) is 3. The summed E-state index contributed by atoms with van der Waals surface area (Å²) in [5.74, 6) is -1.08. The van der Waals surface area contributed by atoms with Crippen molar-refractivity contribution < 1.29 is 14.7 Å². The SMILES string of the molecule is Cc1c(C(=O)N(CCC(=O)O)C(C)C)cnn1C. The van der Waals surface area contributed by atoms with Crippen LogP contribution in [0.1, 0.15) is 36.3 Å². The van der Waals surface area contributed by atoms with Crippen molar-refractivity contribution in [1.29, 1.82) is 0 Å². The topological polar surface area (TPSA) is 75.4 Å². The number of nitrogens with zero attached hydrogens (tertiary/aromatic N) is 3. The minimum Gasteiger partial charge on any atom is -0.481 e. The van der Waals surface area contributed by atoms with Crippen molar-refractivity contribution in [3.63, 3.8) is 0 Å². The molecule has 0 fully saturated rings. The summed E-state index contributed by atoms with van der Waals surface area (Å²) in [6.07, 6.45) is 1.47. The Kier molecular flexibility index (Phi) is 4.47. The van der Waals surface area contributed by atoms with Gasteiger partial charge >= 0.3 is 5.97 Å². The smallest absolute Gasteiger partial charge is 0.305 e. The third kappa shape index (κ3) is 3.09. The van der Waals surface area contributed by atoms with E-state index in [0.717, 1.165) is 5.69 Å². The van der Waals surface area contributed by atoms with Crippen LogP contribution in [0.15, 0.2) is 6.20 Å². The zero-order chi connectivity index (χ0) is 13.9. The lowest BCUT2D eigenvalue weighted by molar-refractivity contribution is -0.137. The van der Waals surface area contributed by atoms with Crippen LogP contribution in [0.2, 0.25) is 0 Å². The Morgan fingerprint density at radius 3 is 2.50 bits per heavy atom. The number of carboxylic acids is 1. The quantitative estimate of drug-likeness (QED) is 0.851. The zero-order valence-electron chi connectivity index (χ0n) is 11.2. The summed E-state index contributed by atoms with van der Waals surface area (Å²) >= 11 is 0. The number of aryl methyl sites for hydroxylation is 1. The summed E-state index contributed by atoms with van der Waals surface area (Å²) in [4.78, 5) is 24.5. The average molecular weight is 253 g/mol. The van der Waals surface area contributed by atoms with E-state index in [9.17, 15) is 9.59 Å². The van der Waals surface area contributed by atoms with Gasteiger partial charge in [0.05, 0.1) is 18.2 Å². The highest BCUT2D eigenvalue weighted by Gasteiger charge is 2.22. The monoisotopic (exact) mass is 253 g/mol. The summed E-state index contributed by atoms with van der Waals surface area (Å²) in [7, 11) is 1.77. The minimum atomic E-state index is -0.906. The Balaban J connectivity index is 2.89. The molecule has 1 heterocycles. The second-order valence-electron chi connectivity index (χ2n) is 4.50. The minimum absolute atomic E-state index is 0.0449. The first-order chi connectivity index (χ1) is 8.34. The summed E-state index contributed by atoms with van der Waals surface area (Å²) in [6.45, 7) is 5.76. The van der Waals surface area contributed by atoms with E-state index in [1.165, 1.54) is 6.20 Å². The lowest BCUT2D eigenvalue weighted by Crippen LogP contribution is -2.38. The molecule has 1 rings (SSSR count). The van der Waals surface area contributed by atoms with Crippen LogP contribution in [0, 0.1) is 6.92 Å². The molecule has 0 atom stereocenters. The Labute approximate surface area is 106 Å². The molecule has 1 aromatic heterocycles. The number of amides is 1. The highest BCUT2D eigenvalue weighted by atomic mass is 16.4. The summed E-state index contributed by atoms with van der Waals surface area (Å²) in [5.41, 5.74) is 1.30. The number of hydrogen-bond donors (Lipinski definition) is 1. The van der Waals surface area contributed by atoms with Crippen molar-refractivity contribution in [2.24, 2.45) is 7.05 Å². The predicted octanol–water partition coefficient (Wildman–Crippen LogP) is 1.05. The summed E-state index contributed by atoms with van der Waals surface area (Å²) in [6, 6.07) is -0.0449. The fourth-order valence-electron chi connectivity index (χ4n) is 1.67. The van der Waals surface area contributed by atoms with Crippen LogP contribution in [0.4, 0.5) is 0 Å². The fourth-order valence-corrected chi connectivity index (χ4v) is 1.67. The maximum Gasteiger partial charge on any atom is 0.305 e. The first kappa shape index (κ1) is 14.2. The van der Waals surface area contributed by atoms with E-state index in [1.807, 2.05) is 20.8 Å². The van der Waals surface area contributed by atoms with Crippen molar-refractivity contribution in [2.75, 3.05) is 6.54 Å². The van der Waals surface area contributed by atoms with Crippen molar-refractivity contribution in [2.45, 2.75) is 33.2 Å². The number of rotatable bonds is 5. The van der Waals surface area contributed by atoms with Gasteiger partial charge in [0, 0.05) is 25.3 Å². The standard InChI is InChI=1S/C12H19N3O3/c1-8(2)15(6-5-11(16)17)12(18)10-7-13-14(4)9(10)3/h7-8H,5-6H2,1-4H3,(H,16,17). The molecule has 0 radical (unpaired) electrons. The van der Waals surface area contributed by atoms with Crippen LogP contribution in [0.5, 0.6) is 0 Å². The first-order valence-corrected chi connectivity index (χ1v) is 5.86. The fraction of sp³-hybridized carbons (Fsp3) is 0.583. The Hall–Kier alpha value is -1.85. The molecule has 0 unspecified atom stereocenters. The molecule has 1 N–H and O–H groups in total. The Bertz CT molecular complexity index is 451. The van der Waals surface area contributed by atoms with E-state index < -0.39 is 5.97 Å². The second-order valence-corrected chi connectivity index (χ2v) is 4.50. The molecule has 6 heteroatoms. The molecule has 6 nitrogen and oxygen atoms in total. The number of carboxylic acid groups (broad SMARTS) is 1. The molecule has 0 aliphatic carbocycles. The molecule has 0 aliphatic rings. The molecule has 0 bridgehead atoms. The summed E-state index contributed by atoms with van der Waals surface area (Å²) in [5, 5.41) is 12.7. The second kappa shape index (κ2) is 5.66. The molecule has 1 amide bonds. The van der Waals surface area contributed by atoms with Gasteiger partial charge in [0.2, 0.25) is 0 Å². The predicted molar refractivity (Wildman–Crippen MR) is 66.4 cm³/mol. The van der Waals surface area contributed by atoms with Crippen molar-refractivity contribution in [3.05, 3.63) is 17.5 Å². The third-order valence-electron chi connectivity index (χ3n) is 2.92. The molecule has 1 aromatic rings. The molecular formula is C12H19N3O3. The average Bonchev–Trinajstić information content (AvgIpc) is 2.58. The van der Waals surface area contributed by atoms with Gasteiger partial charge in [-0.05, 0) is 20.8 Å². The van der Waals surface area contributed by atoms with Crippen LogP contribution in [0.3, 0.4) is 0 Å². The van der Waals surface area contributed by atoms with Crippen LogP contribution in [0.25, 0.3) is 0 Å². The maximum absolute atomic E-state index is 12.3. The number of aromatic nitrogens is 2. The van der Waals surface area contributed by atoms with Gasteiger partial charge in [-0.3, -0.25) is 14.3 Å². The van der Waals surface area contributed by atoms with Gasteiger partial charge < -0.3 is 10.0 Å². The van der Waals surface area contributed by atoms with E-state index in [1.54, 1.807) is 16.6 Å². The largest absolute Gasteiger partial charge is 0.481 e. The van der Waals surface area contributed by atoms with E-state index in [0.29, 0.717) is 5.56 Å². The maximum atomic E-state index is 12.3. The van der Waals surface area contributed by atoms with Gasteiger partial charge in [0.15, 0.2) is 0 Å². The van der Waals surface area contributed by atoms with Gasteiger partial charge in [-0.1, -0.05) is 0 Å². The third-order valence-corrected chi connectivity index (χ3v) is 2.92. The van der Waals surface area contributed by atoms with E-state index in [4.69, 9.17) is 5.11 Å². The van der Waals surface area contributed by atoms with Gasteiger partial charge in [0.1, 0.15) is 0 Å². The molecule has 0 aliphatic heterocycles. The van der Waals surface area contributed by atoms with E-state index >= 15 is 0 Å². The van der Waals surface area contributed by atoms with Gasteiger partial charge in [-0.15, -0.1) is 0 Å². The van der Waals surface area contributed by atoms with Crippen LogP contribution in [-0.2, 0) is 11.8 Å². The molecule has 0 saturated carbocycles. The number of aliphatic carboxylic acids is 1. The first-order valence-electron chi connectivity index (χ1n) is 5.86. The van der Waals surface area contributed by atoms with Crippen LogP contribution >= 0.6 is 0 Å². The lowest BCUT2D eigenvalue weighted by atomic mass is 10.2. The van der Waals surface area contributed by atoms with Gasteiger partial charge in [0.25, 0.3) is 5.91 Å². The molecule has 100 valence electrons. The number of carbonyl (C=O) groups is 2. The molecule has 0 aromatic carbocycles. The zero-order valence-corrected chi connectivity index (χ0v) is 11.2. The molecule has 0 saturated heterocycles. The lowest BCUT2D eigenvalue weighted by Gasteiger charge is -2.26. The van der Waals surface area contributed by atoms with Crippen molar-refractivity contribution in [3.8, 4) is 0 Å². The van der Waals surface area contributed by atoms with Crippen molar-refractivity contribution in [1.82, 2.24) is 14.7 Å². The normalized spacial score (nSPS) is 10.7. The van der Waals surface area contributed by atoms with E-state index in [2.05, 4.69) is 5.10 Å². The van der Waals surface area contributed by atoms with Crippen LogP contribution in [-0.4, -0.2) is 44.3 Å². The molecule has 18 heavy (non-hydrogen) atoms. The van der Waals surface area contributed by atoms with Crippen LogP contribution < -0.4 is 0 Å². The molecular weight excluding hydrogens is 234 g/mol. The number of carbonyl (C=O) groups excluding carboxylic acids is 1. The molecule has 0 spiro atoms. The van der Waals surface area contributed by atoms with Crippen molar-refractivity contribution >= 4 is 11.9 Å². The Morgan fingerprint density at radius 2 is 2.11 bits per heavy atom. The highest BCUT2D eigenvalue weighted by molar-refractivity contribution is 5.95. The van der Waals surface area contributed by atoms with E-state index in [-0.39, 0.29) is 24.9 Å².